The van der Waals surface area contributed by atoms with E-state index in [4.69, 9.17) is 0 Å². The van der Waals surface area contributed by atoms with Crippen LogP contribution in [0, 0.1) is 0 Å². The molecular weight excluding hydrogens is 589 g/mol. The molecule has 0 amide bonds. The maximum Gasteiger partial charge on any atom is 0.114 e. The van der Waals surface area contributed by atoms with Gasteiger partial charge in [0.05, 0.1) is 0 Å². The van der Waals surface area contributed by atoms with E-state index in [1.807, 2.05) is 0 Å². The van der Waals surface area contributed by atoms with Crippen LogP contribution < -0.4 is 31.1 Å². The van der Waals surface area contributed by atoms with Gasteiger partial charge in [0.25, 0.3) is 0 Å². The molecule has 0 radical (unpaired) electrons. The molecule has 3 heterocycles. The Kier molecular flexibility index (Phi) is 5.48. The first-order chi connectivity index (χ1) is 21.6. The van der Waals surface area contributed by atoms with Crippen LogP contribution in [-0.2, 0) is 0 Å². The summed E-state index contributed by atoms with van der Waals surface area (Å²) in [5.74, 6) is 0. The monoisotopic (exact) mass is 626 g/mol. The second-order valence-electron chi connectivity index (χ2n) is 14.9. The van der Waals surface area contributed by atoms with Gasteiger partial charge in [0.15, 0.2) is 0 Å². The molecule has 0 aliphatic carbocycles. The topological polar surface area (TPSA) is 0 Å². The molecule has 6 aromatic rings. The van der Waals surface area contributed by atoms with Gasteiger partial charge in [-0.05, 0) is 98.9 Å². The molecule has 45 heavy (non-hydrogen) atoms. The fraction of sp³-hybridized carbons (Fsp3) is 0.143. The minimum atomic E-state index is -1.83. The van der Waals surface area contributed by atoms with E-state index in [2.05, 4.69) is 161 Å². The number of hydrogen-bond donors (Lipinski definition) is 0. The summed E-state index contributed by atoms with van der Waals surface area (Å²) in [4.78, 5) is 0. The first kappa shape index (κ1) is 27.3. The molecule has 3 aliphatic heterocycles. The van der Waals surface area contributed by atoms with Crippen LogP contribution in [0.2, 0.25) is 39.3 Å². The summed E-state index contributed by atoms with van der Waals surface area (Å²) in [5.41, 5.74) is 14.3. The van der Waals surface area contributed by atoms with Crippen LogP contribution in [0.15, 0.2) is 121 Å². The van der Waals surface area contributed by atoms with Crippen molar-refractivity contribution in [1.82, 2.24) is 0 Å². The molecule has 0 atom stereocenters. The van der Waals surface area contributed by atoms with Crippen molar-refractivity contribution < 1.29 is 0 Å². The van der Waals surface area contributed by atoms with Gasteiger partial charge in [-0.25, -0.2) is 0 Å². The third-order valence-corrected chi connectivity index (χ3v) is 22.2. The predicted molar refractivity (Wildman–Crippen MR) is 204 cm³/mol. The first-order valence-corrected chi connectivity index (χ1v) is 25.4. The fourth-order valence-electron chi connectivity index (χ4n) is 9.28. The summed E-state index contributed by atoms with van der Waals surface area (Å²) < 4.78 is 0. The molecule has 0 saturated heterocycles. The zero-order chi connectivity index (χ0) is 30.9. The lowest BCUT2D eigenvalue weighted by Crippen LogP contribution is -2.50. The van der Waals surface area contributed by atoms with Gasteiger partial charge in [-0.2, -0.15) is 0 Å². The van der Waals surface area contributed by atoms with E-state index in [1.54, 1.807) is 31.1 Å². The van der Waals surface area contributed by atoms with Crippen molar-refractivity contribution >= 4 is 55.3 Å². The highest BCUT2D eigenvalue weighted by Gasteiger charge is 2.42. The molecule has 0 saturated carbocycles. The first-order valence-electron chi connectivity index (χ1n) is 16.4. The predicted octanol–water partition coefficient (Wildman–Crippen LogP) is 7.43. The molecule has 0 unspecified atom stereocenters. The van der Waals surface area contributed by atoms with E-state index in [0.29, 0.717) is 0 Å². The molecular formula is C42H38Si3. The van der Waals surface area contributed by atoms with Crippen molar-refractivity contribution in [3.8, 4) is 55.6 Å². The van der Waals surface area contributed by atoms with E-state index >= 15 is 0 Å². The SMILES string of the molecule is C[Si]1(C)c2ccc(-c3cccc4c3[Si](C)(C)c3ccccc3-4)cc2-c2cc(-c3cccc4c3[Si](C)(C)c3ccccc3-4)ccc21. The standard InChI is InChI=1S/C42H38Si3/c1-43(2)39-23-21-27(29-15-11-17-33-31-13-7-9-19-37(31)44(3,4)41(29)33)25-35(39)36-26-28(22-24-40(36)43)30-16-12-18-34-32-14-8-10-20-38(32)45(5,6)42(30)34/h7-26H,1-6H3. The Bertz CT molecular complexity index is 2090. The zero-order valence-electron chi connectivity index (χ0n) is 27.0. The Labute approximate surface area is 270 Å². The second-order valence-corrected chi connectivity index (χ2v) is 27.8. The van der Waals surface area contributed by atoms with Gasteiger partial charge in [0.2, 0.25) is 0 Å². The minimum absolute atomic E-state index is 1.37. The van der Waals surface area contributed by atoms with Crippen molar-refractivity contribution in [1.29, 1.82) is 0 Å². The molecule has 3 aliphatic rings. The number of fused-ring (bicyclic) bond motifs is 9. The second kappa shape index (κ2) is 9.03. The quantitative estimate of drug-likeness (QED) is 0.175. The van der Waals surface area contributed by atoms with Gasteiger partial charge < -0.3 is 0 Å². The Balaban J connectivity index is 1.22. The van der Waals surface area contributed by atoms with Crippen LogP contribution in [0.25, 0.3) is 55.6 Å². The smallest absolute Gasteiger partial charge is 0.0623 e. The summed E-state index contributed by atoms with van der Waals surface area (Å²) in [6.07, 6.45) is 0. The van der Waals surface area contributed by atoms with E-state index in [-0.39, 0.29) is 0 Å². The molecule has 0 fully saturated rings. The summed E-state index contributed by atoms with van der Waals surface area (Å²) in [7, 11) is -5.46. The maximum atomic E-state index is 2.55. The molecule has 0 bridgehead atoms. The van der Waals surface area contributed by atoms with Crippen molar-refractivity contribution in [3.63, 3.8) is 0 Å². The molecule has 0 N–H and O–H groups in total. The summed E-state index contributed by atoms with van der Waals surface area (Å²) >= 11 is 0. The molecule has 6 aromatic carbocycles. The molecule has 0 spiro atoms. The van der Waals surface area contributed by atoms with Gasteiger partial charge >= 0.3 is 0 Å². The highest BCUT2D eigenvalue weighted by molar-refractivity contribution is 7.05. The lowest BCUT2D eigenvalue weighted by molar-refractivity contribution is 1.63. The van der Waals surface area contributed by atoms with Crippen LogP contribution in [0.1, 0.15) is 0 Å². The average Bonchev–Trinajstić information content (AvgIpc) is 3.54. The van der Waals surface area contributed by atoms with Gasteiger partial charge in [0, 0.05) is 0 Å². The Hall–Kier alpha value is -4.03. The normalized spacial score (nSPS) is 16.8. The molecule has 0 aromatic heterocycles. The van der Waals surface area contributed by atoms with Gasteiger partial charge in [-0.3, -0.25) is 0 Å². The third-order valence-electron chi connectivity index (χ3n) is 11.5. The number of benzene rings is 6. The third kappa shape index (κ3) is 3.52. The average molecular weight is 627 g/mol. The Morgan fingerprint density at radius 1 is 0.289 bits per heavy atom. The maximum absolute atomic E-state index is 2.55. The van der Waals surface area contributed by atoms with Crippen molar-refractivity contribution in [2.75, 3.05) is 0 Å². The summed E-state index contributed by atoms with van der Waals surface area (Å²) in [6, 6.07) is 47.2. The van der Waals surface area contributed by atoms with Crippen LogP contribution in [0.5, 0.6) is 0 Å². The van der Waals surface area contributed by atoms with Crippen molar-refractivity contribution in [3.05, 3.63) is 121 Å². The summed E-state index contributed by atoms with van der Waals surface area (Å²) in [6.45, 7) is 15.2. The van der Waals surface area contributed by atoms with Gasteiger partial charge in [0.1, 0.15) is 24.2 Å². The molecule has 218 valence electrons. The number of rotatable bonds is 2. The van der Waals surface area contributed by atoms with Gasteiger partial charge in [-0.15, -0.1) is 0 Å². The largest absolute Gasteiger partial charge is 0.114 e. The Morgan fingerprint density at radius 2 is 0.644 bits per heavy atom. The van der Waals surface area contributed by atoms with Crippen molar-refractivity contribution in [2.24, 2.45) is 0 Å². The van der Waals surface area contributed by atoms with Crippen LogP contribution in [-0.4, -0.2) is 24.2 Å². The fourth-order valence-corrected chi connectivity index (χ4v) is 19.3. The highest BCUT2D eigenvalue weighted by Crippen LogP contribution is 2.39. The Morgan fingerprint density at radius 3 is 1.09 bits per heavy atom. The van der Waals surface area contributed by atoms with Gasteiger partial charge in [-0.1, -0.05) is 148 Å². The van der Waals surface area contributed by atoms with E-state index < -0.39 is 24.2 Å². The van der Waals surface area contributed by atoms with Crippen LogP contribution in [0.4, 0.5) is 0 Å². The number of hydrogen-bond acceptors (Lipinski definition) is 0. The van der Waals surface area contributed by atoms with Crippen molar-refractivity contribution in [2.45, 2.75) is 39.3 Å². The molecule has 9 rings (SSSR count). The van der Waals surface area contributed by atoms with E-state index in [9.17, 15) is 0 Å². The zero-order valence-corrected chi connectivity index (χ0v) is 30.0. The molecule has 0 nitrogen and oxygen atoms in total. The van der Waals surface area contributed by atoms with Crippen LogP contribution in [0.3, 0.4) is 0 Å². The molecule has 3 heteroatoms. The van der Waals surface area contributed by atoms with Crippen LogP contribution >= 0.6 is 0 Å². The highest BCUT2D eigenvalue weighted by atomic mass is 28.3. The minimum Gasteiger partial charge on any atom is -0.0623 e. The lowest BCUT2D eigenvalue weighted by atomic mass is 9.94. The summed E-state index contributed by atoms with van der Waals surface area (Å²) in [5, 5.41) is 9.49. The van der Waals surface area contributed by atoms with E-state index in [0.717, 1.165) is 0 Å². The van der Waals surface area contributed by atoms with E-state index in [1.165, 1.54) is 55.6 Å². The lowest BCUT2D eigenvalue weighted by Gasteiger charge is -2.23.